The molecule has 1 heterocycles. The molecule has 4 heteroatoms. The van der Waals surface area contributed by atoms with E-state index < -0.39 is 0 Å². The van der Waals surface area contributed by atoms with E-state index in [9.17, 15) is 4.79 Å². The molecule has 0 radical (unpaired) electrons. The number of benzene rings is 1. The zero-order valence-corrected chi connectivity index (χ0v) is 13.3. The summed E-state index contributed by atoms with van der Waals surface area (Å²) in [6.45, 7) is 0. The first-order valence-electron chi connectivity index (χ1n) is 7.97. The molecular weight excluding hydrogens is 292 g/mol. The summed E-state index contributed by atoms with van der Waals surface area (Å²) in [6.07, 6.45) is 5.44. The van der Waals surface area contributed by atoms with Gasteiger partial charge in [-0.15, -0.1) is 11.3 Å². The molecule has 0 saturated heterocycles. The standard InChI is InChI=1S/C18H20N2OS/c19-17-12-6-2-1-5-11(12)9-15(17)20-18(21)14-10-22-16-8-4-3-7-13(14)16/h1-2,5-6,10,15,17H,3-4,7-9,19H2,(H,20,21)/t15-,17-/m1/s1. The van der Waals surface area contributed by atoms with E-state index in [2.05, 4.69) is 17.4 Å². The summed E-state index contributed by atoms with van der Waals surface area (Å²) in [7, 11) is 0. The second-order valence-electron chi connectivity index (χ2n) is 6.27. The number of thiophene rings is 1. The van der Waals surface area contributed by atoms with Crippen molar-refractivity contribution in [3.05, 3.63) is 56.8 Å². The second kappa shape index (κ2) is 5.52. The minimum absolute atomic E-state index is 0.00374. The van der Waals surface area contributed by atoms with Crippen LogP contribution in [0.1, 0.15) is 50.8 Å². The van der Waals surface area contributed by atoms with Crippen LogP contribution in [0.15, 0.2) is 29.6 Å². The third-order valence-corrected chi connectivity index (χ3v) is 6.00. The van der Waals surface area contributed by atoms with Crippen LogP contribution in [-0.2, 0) is 19.3 Å². The first kappa shape index (κ1) is 14.0. The first-order valence-corrected chi connectivity index (χ1v) is 8.85. The summed E-state index contributed by atoms with van der Waals surface area (Å²) in [5.41, 5.74) is 10.9. The summed E-state index contributed by atoms with van der Waals surface area (Å²) >= 11 is 1.73. The van der Waals surface area contributed by atoms with Crippen molar-refractivity contribution >= 4 is 17.2 Å². The SMILES string of the molecule is N[C@@H]1c2ccccc2C[C@H]1NC(=O)c1csc2c1CCCC2. The van der Waals surface area contributed by atoms with Crippen LogP contribution < -0.4 is 11.1 Å². The van der Waals surface area contributed by atoms with Gasteiger partial charge in [0, 0.05) is 10.3 Å². The maximum absolute atomic E-state index is 12.7. The Hall–Kier alpha value is -1.65. The highest BCUT2D eigenvalue weighted by atomic mass is 32.1. The molecule has 4 rings (SSSR count). The van der Waals surface area contributed by atoms with Gasteiger partial charge < -0.3 is 11.1 Å². The zero-order valence-electron chi connectivity index (χ0n) is 12.5. The Balaban J connectivity index is 1.53. The number of amides is 1. The van der Waals surface area contributed by atoms with Gasteiger partial charge >= 0.3 is 0 Å². The van der Waals surface area contributed by atoms with Crippen LogP contribution in [0.4, 0.5) is 0 Å². The van der Waals surface area contributed by atoms with Gasteiger partial charge in [-0.25, -0.2) is 0 Å². The van der Waals surface area contributed by atoms with Crippen LogP contribution in [0.5, 0.6) is 0 Å². The lowest BCUT2D eigenvalue weighted by Gasteiger charge is -2.19. The molecule has 0 aliphatic heterocycles. The molecule has 1 aromatic heterocycles. The Morgan fingerprint density at radius 3 is 2.91 bits per heavy atom. The number of nitrogens with two attached hydrogens (primary N) is 1. The fourth-order valence-corrected chi connectivity index (χ4v) is 4.82. The summed E-state index contributed by atoms with van der Waals surface area (Å²) < 4.78 is 0. The average molecular weight is 312 g/mol. The van der Waals surface area contributed by atoms with Gasteiger partial charge in [-0.3, -0.25) is 4.79 Å². The smallest absolute Gasteiger partial charge is 0.252 e. The predicted octanol–water partition coefficient (Wildman–Crippen LogP) is 2.98. The van der Waals surface area contributed by atoms with Crippen molar-refractivity contribution in [1.82, 2.24) is 5.32 Å². The molecule has 22 heavy (non-hydrogen) atoms. The molecule has 2 aliphatic rings. The van der Waals surface area contributed by atoms with Crippen molar-refractivity contribution in [3.8, 4) is 0 Å². The molecular formula is C18H20N2OS. The first-order chi connectivity index (χ1) is 10.7. The Bertz CT molecular complexity index is 722. The van der Waals surface area contributed by atoms with E-state index in [4.69, 9.17) is 5.73 Å². The number of nitrogens with one attached hydrogen (secondary N) is 1. The Morgan fingerprint density at radius 2 is 2.05 bits per heavy atom. The van der Waals surface area contributed by atoms with E-state index >= 15 is 0 Å². The molecule has 0 bridgehead atoms. The van der Waals surface area contributed by atoms with E-state index in [0.717, 1.165) is 24.8 Å². The molecule has 0 saturated carbocycles. The van der Waals surface area contributed by atoms with Crippen molar-refractivity contribution in [2.45, 2.75) is 44.2 Å². The highest BCUT2D eigenvalue weighted by molar-refractivity contribution is 7.10. The quantitative estimate of drug-likeness (QED) is 0.895. The van der Waals surface area contributed by atoms with Crippen LogP contribution in [-0.4, -0.2) is 11.9 Å². The van der Waals surface area contributed by atoms with E-state index in [-0.39, 0.29) is 18.0 Å². The minimum Gasteiger partial charge on any atom is -0.347 e. The van der Waals surface area contributed by atoms with E-state index in [1.807, 2.05) is 17.5 Å². The largest absolute Gasteiger partial charge is 0.347 e. The van der Waals surface area contributed by atoms with Gasteiger partial charge in [0.25, 0.3) is 5.91 Å². The van der Waals surface area contributed by atoms with Crippen LogP contribution in [0.3, 0.4) is 0 Å². The fourth-order valence-electron chi connectivity index (χ4n) is 3.70. The Morgan fingerprint density at radius 1 is 1.23 bits per heavy atom. The lowest BCUT2D eigenvalue weighted by Crippen LogP contribution is -2.40. The molecule has 1 amide bonds. The maximum atomic E-state index is 12.7. The van der Waals surface area contributed by atoms with Gasteiger partial charge in [-0.05, 0) is 48.8 Å². The van der Waals surface area contributed by atoms with Crippen molar-refractivity contribution in [2.24, 2.45) is 5.73 Å². The predicted molar refractivity (Wildman–Crippen MR) is 89.3 cm³/mol. The Labute approximate surface area is 134 Å². The molecule has 1 aromatic carbocycles. The second-order valence-corrected chi connectivity index (χ2v) is 7.23. The lowest BCUT2D eigenvalue weighted by atomic mass is 9.95. The fraction of sp³-hybridized carbons (Fsp3) is 0.389. The molecule has 0 fully saturated rings. The average Bonchev–Trinajstić information content (AvgIpc) is 3.10. The van der Waals surface area contributed by atoms with Gasteiger partial charge in [0.2, 0.25) is 0 Å². The molecule has 3 nitrogen and oxygen atoms in total. The van der Waals surface area contributed by atoms with Crippen LogP contribution >= 0.6 is 11.3 Å². The molecule has 2 atom stereocenters. The van der Waals surface area contributed by atoms with Gasteiger partial charge in [-0.2, -0.15) is 0 Å². The summed E-state index contributed by atoms with van der Waals surface area (Å²) in [4.78, 5) is 14.1. The molecule has 0 unspecified atom stereocenters. The van der Waals surface area contributed by atoms with Crippen LogP contribution in [0, 0.1) is 0 Å². The van der Waals surface area contributed by atoms with Crippen molar-refractivity contribution in [3.63, 3.8) is 0 Å². The van der Waals surface area contributed by atoms with Gasteiger partial charge in [0.15, 0.2) is 0 Å². The van der Waals surface area contributed by atoms with E-state index in [0.29, 0.717) is 0 Å². The number of carbonyl (C=O) groups excluding carboxylic acids is 1. The van der Waals surface area contributed by atoms with E-state index in [1.54, 1.807) is 11.3 Å². The third-order valence-electron chi connectivity index (χ3n) is 4.91. The van der Waals surface area contributed by atoms with Crippen molar-refractivity contribution < 1.29 is 4.79 Å². The number of hydrogen-bond acceptors (Lipinski definition) is 3. The highest BCUT2D eigenvalue weighted by Crippen LogP contribution is 2.32. The number of aryl methyl sites for hydroxylation is 1. The van der Waals surface area contributed by atoms with Crippen molar-refractivity contribution in [1.29, 1.82) is 0 Å². The molecule has 114 valence electrons. The van der Waals surface area contributed by atoms with Crippen LogP contribution in [0.2, 0.25) is 0 Å². The number of hydrogen-bond donors (Lipinski definition) is 2. The van der Waals surface area contributed by atoms with Gasteiger partial charge in [0.1, 0.15) is 0 Å². The monoisotopic (exact) mass is 312 g/mol. The normalized spacial score (nSPS) is 23.0. The number of rotatable bonds is 2. The molecule has 2 aromatic rings. The topological polar surface area (TPSA) is 55.1 Å². The number of fused-ring (bicyclic) bond motifs is 2. The molecule has 2 aliphatic carbocycles. The summed E-state index contributed by atoms with van der Waals surface area (Å²) in [6, 6.07) is 8.12. The van der Waals surface area contributed by atoms with Crippen LogP contribution in [0.25, 0.3) is 0 Å². The maximum Gasteiger partial charge on any atom is 0.252 e. The molecule has 0 spiro atoms. The number of carbonyl (C=O) groups is 1. The van der Waals surface area contributed by atoms with E-state index in [1.165, 1.54) is 34.4 Å². The summed E-state index contributed by atoms with van der Waals surface area (Å²) in [5.74, 6) is 0.0488. The van der Waals surface area contributed by atoms with Gasteiger partial charge in [0.05, 0.1) is 17.6 Å². The Kier molecular flexibility index (Phi) is 3.51. The highest BCUT2D eigenvalue weighted by Gasteiger charge is 2.31. The van der Waals surface area contributed by atoms with Gasteiger partial charge in [-0.1, -0.05) is 24.3 Å². The molecule has 3 N–H and O–H groups in total. The third kappa shape index (κ3) is 2.27. The summed E-state index contributed by atoms with van der Waals surface area (Å²) in [5, 5.41) is 5.20. The lowest BCUT2D eigenvalue weighted by molar-refractivity contribution is 0.0932. The minimum atomic E-state index is -0.102. The zero-order chi connectivity index (χ0) is 15.1. The van der Waals surface area contributed by atoms with Crippen molar-refractivity contribution in [2.75, 3.05) is 0 Å².